The van der Waals surface area contributed by atoms with Crippen LogP contribution in [0.1, 0.15) is 39.5 Å². The Kier molecular flexibility index (Phi) is 4.49. The smallest absolute Gasteiger partial charge is 0.407 e. The van der Waals surface area contributed by atoms with Crippen molar-refractivity contribution < 1.29 is 9.90 Å². The molecule has 1 amide bonds. The van der Waals surface area contributed by atoms with Crippen LogP contribution in [0, 0.1) is 11.8 Å². The molecular weight excluding hydrogens is 228 g/mol. The molecule has 0 unspecified atom stereocenters. The highest BCUT2D eigenvalue weighted by atomic mass is 16.4. The predicted molar refractivity (Wildman–Crippen MR) is 71.8 cm³/mol. The molecule has 0 atom stereocenters. The predicted octanol–water partition coefficient (Wildman–Crippen LogP) is 2.50. The normalized spacial score (nSPS) is 24.7. The van der Waals surface area contributed by atoms with Gasteiger partial charge in [0, 0.05) is 19.1 Å². The first-order valence-electron chi connectivity index (χ1n) is 7.30. The lowest BCUT2D eigenvalue weighted by Gasteiger charge is -2.40. The Bertz CT molecular complexity index is 278. The second-order valence-corrected chi connectivity index (χ2v) is 6.07. The first-order chi connectivity index (χ1) is 8.58. The average molecular weight is 254 g/mol. The topological polar surface area (TPSA) is 43.8 Å². The van der Waals surface area contributed by atoms with Crippen molar-refractivity contribution in [3.8, 4) is 0 Å². The number of carbonyl (C=O) groups is 1. The molecular formula is C14H26N2O2. The van der Waals surface area contributed by atoms with Crippen LogP contribution in [0.4, 0.5) is 4.79 Å². The zero-order valence-electron chi connectivity index (χ0n) is 11.6. The van der Waals surface area contributed by atoms with E-state index in [9.17, 15) is 4.79 Å². The molecule has 0 aliphatic carbocycles. The summed E-state index contributed by atoms with van der Waals surface area (Å²) in [6, 6.07) is 0.666. The Morgan fingerprint density at radius 3 is 1.83 bits per heavy atom. The molecule has 0 aromatic rings. The summed E-state index contributed by atoms with van der Waals surface area (Å²) in [6.07, 6.45) is 3.99. The number of piperidine rings is 2. The summed E-state index contributed by atoms with van der Waals surface area (Å²) < 4.78 is 0. The first kappa shape index (κ1) is 13.7. The highest BCUT2D eigenvalue weighted by Crippen LogP contribution is 2.32. The van der Waals surface area contributed by atoms with Gasteiger partial charge in [0.25, 0.3) is 0 Å². The first-order valence-corrected chi connectivity index (χ1v) is 7.30. The van der Waals surface area contributed by atoms with E-state index in [1.807, 2.05) is 0 Å². The number of hydrogen-bond acceptors (Lipinski definition) is 2. The SMILES string of the molecule is CC(C)N1CCC(C2CCN(C(=O)O)CC2)CC1. The summed E-state index contributed by atoms with van der Waals surface area (Å²) in [4.78, 5) is 15.0. The molecule has 4 nitrogen and oxygen atoms in total. The lowest BCUT2D eigenvalue weighted by molar-refractivity contribution is 0.0792. The van der Waals surface area contributed by atoms with Gasteiger partial charge in [0.2, 0.25) is 0 Å². The van der Waals surface area contributed by atoms with Gasteiger partial charge in [-0.3, -0.25) is 0 Å². The van der Waals surface area contributed by atoms with Crippen LogP contribution in [-0.2, 0) is 0 Å². The number of rotatable bonds is 2. The molecule has 2 aliphatic rings. The Balaban J connectivity index is 1.76. The number of likely N-dealkylation sites (tertiary alicyclic amines) is 2. The molecule has 18 heavy (non-hydrogen) atoms. The second kappa shape index (κ2) is 5.91. The van der Waals surface area contributed by atoms with Gasteiger partial charge in [0.05, 0.1) is 0 Å². The van der Waals surface area contributed by atoms with Gasteiger partial charge in [-0.2, -0.15) is 0 Å². The van der Waals surface area contributed by atoms with Crippen molar-refractivity contribution in [2.45, 2.75) is 45.6 Å². The van der Waals surface area contributed by atoms with Gasteiger partial charge in [-0.05, 0) is 64.5 Å². The molecule has 0 spiro atoms. The lowest BCUT2D eigenvalue weighted by atomic mass is 9.78. The van der Waals surface area contributed by atoms with Gasteiger partial charge in [-0.25, -0.2) is 4.79 Å². The highest BCUT2D eigenvalue weighted by Gasteiger charge is 2.31. The summed E-state index contributed by atoms with van der Waals surface area (Å²) in [7, 11) is 0. The van der Waals surface area contributed by atoms with Crippen molar-refractivity contribution in [2.75, 3.05) is 26.2 Å². The third-order valence-electron chi connectivity index (χ3n) is 4.78. The molecule has 2 heterocycles. The standard InChI is InChI=1S/C14H26N2O2/c1-11(2)15-7-3-12(4-8-15)13-5-9-16(10-6-13)14(17)18/h11-13H,3-10H2,1-2H3,(H,17,18). The van der Waals surface area contributed by atoms with E-state index in [0.717, 1.165) is 37.8 Å². The van der Waals surface area contributed by atoms with Crippen LogP contribution in [0.25, 0.3) is 0 Å². The molecule has 0 bridgehead atoms. The molecule has 0 saturated carbocycles. The van der Waals surface area contributed by atoms with Crippen molar-refractivity contribution in [3.05, 3.63) is 0 Å². The van der Waals surface area contributed by atoms with E-state index in [-0.39, 0.29) is 0 Å². The molecule has 2 aliphatic heterocycles. The average Bonchev–Trinajstić information content (AvgIpc) is 2.39. The summed E-state index contributed by atoms with van der Waals surface area (Å²) in [5, 5.41) is 8.95. The van der Waals surface area contributed by atoms with Gasteiger partial charge < -0.3 is 14.9 Å². The maximum Gasteiger partial charge on any atom is 0.407 e. The van der Waals surface area contributed by atoms with Crippen molar-refractivity contribution in [2.24, 2.45) is 11.8 Å². The van der Waals surface area contributed by atoms with Crippen LogP contribution < -0.4 is 0 Å². The van der Waals surface area contributed by atoms with Crippen molar-refractivity contribution >= 4 is 6.09 Å². The Labute approximate surface area is 110 Å². The lowest BCUT2D eigenvalue weighted by Crippen LogP contribution is -2.43. The fraction of sp³-hybridized carbons (Fsp3) is 0.929. The zero-order chi connectivity index (χ0) is 13.1. The van der Waals surface area contributed by atoms with Crippen molar-refractivity contribution in [1.82, 2.24) is 9.80 Å². The summed E-state index contributed by atoms with van der Waals surface area (Å²) in [5.41, 5.74) is 0. The van der Waals surface area contributed by atoms with E-state index in [2.05, 4.69) is 18.7 Å². The van der Waals surface area contributed by atoms with Crippen LogP contribution in [0.5, 0.6) is 0 Å². The third kappa shape index (κ3) is 3.16. The summed E-state index contributed by atoms with van der Waals surface area (Å²) in [5.74, 6) is 1.59. The van der Waals surface area contributed by atoms with Crippen LogP contribution in [0.3, 0.4) is 0 Å². The monoisotopic (exact) mass is 254 g/mol. The maximum absolute atomic E-state index is 10.9. The Morgan fingerprint density at radius 2 is 1.44 bits per heavy atom. The number of carboxylic acid groups (broad SMARTS) is 1. The van der Waals surface area contributed by atoms with Crippen LogP contribution >= 0.6 is 0 Å². The molecule has 4 heteroatoms. The number of amides is 1. The Morgan fingerprint density at radius 1 is 1.00 bits per heavy atom. The highest BCUT2D eigenvalue weighted by molar-refractivity contribution is 5.64. The number of nitrogens with zero attached hydrogens (tertiary/aromatic N) is 2. The molecule has 2 saturated heterocycles. The van der Waals surface area contributed by atoms with Crippen molar-refractivity contribution in [3.63, 3.8) is 0 Å². The van der Waals surface area contributed by atoms with Gasteiger partial charge >= 0.3 is 6.09 Å². The van der Waals surface area contributed by atoms with Crippen molar-refractivity contribution in [1.29, 1.82) is 0 Å². The Hall–Kier alpha value is -0.770. The fourth-order valence-electron chi connectivity index (χ4n) is 3.47. The van der Waals surface area contributed by atoms with Crippen LogP contribution in [0.2, 0.25) is 0 Å². The van der Waals surface area contributed by atoms with Gasteiger partial charge in [0.1, 0.15) is 0 Å². The van der Waals surface area contributed by atoms with E-state index >= 15 is 0 Å². The molecule has 2 fully saturated rings. The van der Waals surface area contributed by atoms with E-state index in [4.69, 9.17) is 5.11 Å². The molecule has 0 radical (unpaired) electrons. The molecule has 1 N–H and O–H groups in total. The minimum absolute atomic E-state index is 0.666. The quantitative estimate of drug-likeness (QED) is 0.823. The summed E-state index contributed by atoms with van der Waals surface area (Å²) in [6.45, 7) is 8.47. The fourth-order valence-corrected chi connectivity index (χ4v) is 3.47. The van der Waals surface area contributed by atoms with E-state index in [1.165, 1.54) is 25.9 Å². The van der Waals surface area contributed by atoms with E-state index < -0.39 is 6.09 Å². The minimum Gasteiger partial charge on any atom is -0.465 e. The van der Waals surface area contributed by atoms with Crippen LogP contribution in [-0.4, -0.2) is 53.2 Å². The zero-order valence-corrected chi connectivity index (χ0v) is 11.6. The largest absolute Gasteiger partial charge is 0.465 e. The van der Waals surface area contributed by atoms with Crippen LogP contribution in [0.15, 0.2) is 0 Å². The molecule has 0 aromatic heterocycles. The number of hydrogen-bond donors (Lipinski definition) is 1. The van der Waals surface area contributed by atoms with Gasteiger partial charge in [0.15, 0.2) is 0 Å². The summed E-state index contributed by atoms with van der Waals surface area (Å²) >= 11 is 0. The van der Waals surface area contributed by atoms with E-state index in [0.29, 0.717) is 6.04 Å². The second-order valence-electron chi connectivity index (χ2n) is 6.07. The van der Waals surface area contributed by atoms with Gasteiger partial charge in [-0.1, -0.05) is 0 Å². The molecule has 0 aromatic carbocycles. The third-order valence-corrected chi connectivity index (χ3v) is 4.78. The molecule has 2 rings (SSSR count). The van der Waals surface area contributed by atoms with E-state index in [1.54, 1.807) is 4.90 Å². The minimum atomic E-state index is -0.747. The maximum atomic E-state index is 10.9. The molecule has 104 valence electrons. The van der Waals surface area contributed by atoms with Gasteiger partial charge in [-0.15, -0.1) is 0 Å².